The molecule has 0 bridgehead atoms. The van der Waals surface area contributed by atoms with Crippen LogP contribution in [-0.2, 0) is 24.3 Å². The molecule has 0 unspecified atom stereocenters. The van der Waals surface area contributed by atoms with E-state index < -0.39 is 11.7 Å². The molecule has 0 saturated carbocycles. The van der Waals surface area contributed by atoms with Crippen LogP contribution in [0, 0.1) is 6.26 Å². The van der Waals surface area contributed by atoms with E-state index in [1.807, 2.05) is 6.26 Å². The predicted molar refractivity (Wildman–Crippen MR) is 30.6 cm³/mol. The van der Waals surface area contributed by atoms with Crippen LogP contribution >= 0.6 is 0 Å². The first-order valence-corrected chi connectivity index (χ1v) is 2.49. The van der Waals surface area contributed by atoms with Crippen LogP contribution in [0.5, 0.6) is 0 Å². The maximum Gasteiger partial charge on any atom is 0.379 e. The van der Waals surface area contributed by atoms with Gasteiger partial charge in [0.15, 0.2) is 0 Å². The summed E-state index contributed by atoms with van der Waals surface area (Å²) in [6, 6.07) is 0. The van der Waals surface area contributed by atoms with E-state index in [9.17, 15) is 4.79 Å². The Kier molecular flexibility index (Phi) is 4.87. The minimum Gasteiger partial charge on any atom is -0.475 e. The van der Waals surface area contributed by atoms with Crippen LogP contribution in [-0.4, -0.2) is 25.3 Å². The third-order valence-corrected chi connectivity index (χ3v) is 0.579. The predicted octanol–water partition coefficient (Wildman–Crippen LogP) is -0.128. The minimum atomic E-state index is -1.37. The lowest BCUT2D eigenvalue weighted by Gasteiger charge is -1.98. The molecule has 11 heavy (non-hydrogen) atoms. The molecule has 0 aromatic heterocycles. The zero-order valence-corrected chi connectivity index (χ0v) is 5.99. The number of carboxylic acid groups (broad SMARTS) is 1. The summed E-state index contributed by atoms with van der Waals surface area (Å²) in [4.78, 5) is 26.4. The quantitative estimate of drug-likeness (QED) is 0.263. The molecule has 0 atom stereocenters. The first kappa shape index (κ1) is 9.73. The number of rotatable bonds is 5. The monoisotopic (exact) mass is 163 g/mol. The molecule has 63 valence electrons. The van der Waals surface area contributed by atoms with Crippen LogP contribution in [0.2, 0.25) is 0 Å². The molecule has 0 fully saturated rings. The molecule has 0 saturated heterocycles. The Labute approximate surface area is 62.8 Å². The second kappa shape index (κ2) is 5.51. The lowest BCUT2D eigenvalue weighted by atomic mass is 10.6. The molecular formula is C5H7O6. The van der Waals surface area contributed by atoms with Crippen molar-refractivity contribution < 1.29 is 29.5 Å². The maximum atomic E-state index is 10.2. The fourth-order valence-corrected chi connectivity index (χ4v) is 0.259. The highest BCUT2D eigenvalue weighted by atomic mass is 17.2. The van der Waals surface area contributed by atoms with Gasteiger partial charge < -0.3 is 14.9 Å². The van der Waals surface area contributed by atoms with Gasteiger partial charge in [0.25, 0.3) is 12.0 Å². The van der Waals surface area contributed by atoms with E-state index in [0.29, 0.717) is 0 Å². The van der Waals surface area contributed by atoms with Crippen molar-refractivity contribution in [2.24, 2.45) is 0 Å². The standard InChI is InChI=1S/C5H7O6/c1-8-10-3-4(5(6)7)11-9-2/h1-2H3,(H,6,7). The fraction of sp³-hybridized carbons (Fsp3) is 0.400. The third-order valence-electron chi connectivity index (χ3n) is 0.579. The molecule has 0 rings (SSSR count). The van der Waals surface area contributed by atoms with Crippen molar-refractivity contribution in [3.05, 3.63) is 12.0 Å². The van der Waals surface area contributed by atoms with E-state index in [1.54, 1.807) is 0 Å². The maximum absolute atomic E-state index is 10.2. The number of carboxylic acids is 1. The molecule has 0 heterocycles. The van der Waals surface area contributed by atoms with Crippen LogP contribution in [0.15, 0.2) is 5.76 Å². The molecule has 1 radical (unpaired) electrons. The molecule has 0 aliphatic heterocycles. The summed E-state index contributed by atoms with van der Waals surface area (Å²) in [5.41, 5.74) is 0. The number of aliphatic carboxylic acids is 1. The highest BCUT2D eigenvalue weighted by molar-refractivity contribution is 5.83. The van der Waals surface area contributed by atoms with E-state index in [1.165, 1.54) is 7.11 Å². The smallest absolute Gasteiger partial charge is 0.379 e. The van der Waals surface area contributed by atoms with Gasteiger partial charge in [-0.05, 0) is 0 Å². The van der Waals surface area contributed by atoms with E-state index in [0.717, 1.165) is 7.11 Å². The first-order valence-electron chi connectivity index (χ1n) is 2.49. The van der Waals surface area contributed by atoms with Crippen LogP contribution in [0.25, 0.3) is 0 Å². The molecular weight excluding hydrogens is 156 g/mol. The average Bonchev–Trinajstić information content (AvgIpc) is 1.97. The molecule has 0 aromatic rings. The summed E-state index contributed by atoms with van der Waals surface area (Å²) in [6.45, 7) is 0. The van der Waals surface area contributed by atoms with E-state index >= 15 is 0 Å². The van der Waals surface area contributed by atoms with Gasteiger partial charge in [-0.25, -0.2) is 4.79 Å². The molecule has 0 aliphatic rings. The van der Waals surface area contributed by atoms with E-state index in [-0.39, 0.29) is 0 Å². The molecule has 6 heteroatoms. The van der Waals surface area contributed by atoms with Crippen molar-refractivity contribution in [2.75, 3.05) is 14.2 Å². The van der Waals surface area contributed by atoms with Crippen molar-refractivity contribution in [1.29, 1.82) is 0 Å². The zero-order chi connectivity index (χ0) is 8.69. The minimum absolute atomic E-state index is 0.630. The first-order chi connectivity index (χ1) is 5.22. The Bertz CT molecular complexity index is 151. The summed E-state index contributed by atoms with van der Waals surface area (Å²) in [7, 11) is 2.34. The van der Waals surface area contributed by atoms with Crippen molar-refractivity contribution >= 4 is 5.97 Å². The average molecular weight is 163 g/mol. The fourth-order valence-electron chi connectivity index (χ4n) is 0.259. The van der Waals surface area contributed by atoms with Gasteiger partial charge in [0.2, 0.25) is 0 Å². The second-order valence-electron chi connectivity index (χ2n) is 1.24. The molecule has 0 aromatic carbocycles. The number of carbonyl (C=O) groups is 1. The van der Waals surface area contributed by atoms with Gasteiger partial charge in [-0.1, -0.05) is 0 Å². The van der Waals surface area contributed by atoms with Crippen LogP contribution in [0.1, 0.15) is 0 Å². The number of hydrogen-bond acceptors (Lipinski definition) is 5. The summed E-state index contributed by atoms with van der Waals surface area (Å²) in [6.07, 6.45) is 1.82. The van der Waals surface area contributed by atoms with Crippen molar-refractivity contribution in [1.82, 2.24) is 0 Å². The molecule has 0 spiro atoms. The van der Waals surface area contributed by atoms with Gasteiger partial charge >= 0.3 is 5.97 Å². The number of hydrogen-bond donors (Lipinski definition) is 1. The van der Waals surface area contributed by atoms with Gasteiger partial charge in [0, 0.05) is 0 Å². The molecule has 0 aliphatic carbocycles. The Morgan fingerprint density at radius 2 is 2.00 bits per heavy atom. The van der Waals surface area contributed by atoms with E-state index in [2.05, 4.69) is 19.6 Å². The largest absolute Gasteiger partial charge is 0.475 e. The summed E-state index contributed by atoms with van der Waals surface area (Å²) in [5, 5.41) is 8.29. The van der Waals surface area contributed by atoms with Crippen LogP contribution < -0.4 is 0 Å². The highest BCUT2D eigenvalue weighted by Gasteiger charge is 2.11. The Balaban J connectivity index is 3.97. The van der Waals surface area contributed by atoms with Gasteiger partial charge in [-0.15, -0.1) is 0 Å². The second-order valence-corrected chi connectivity index (χ2v) is 1.24. The highest BCUT2D eigenvalue weighted by Crippen LogP contribution is 1.96. The summed E-state index contributed by atoms with van der Waals surface area (Å²) in [5.74, 6) is -2.00. The van der Waals surface area contributed by atoms with Crippen molar-refractivity contribution in [3.63, 3.8) is 0 Å². The Morgan fingerprint density at radius 3 is 2.36 bits per heavy atom. The summed E-state index contributed by atoms with van der Waals surface area (Å²) >= 11 is 0. The zero-order valence-electron chi connectivity index (χ0n) is 5.99. The molecule has 0 amide bonds. The van der Waals surface area contributed by atoms with Gasteiger partial charge in [-0.2, -0.15) is 9.78 Å². The Morgan fingerprint density at radius 1 is 1.36 bits per heavy atom. The Hall–Kier alpha value is -1.27. The molecule has 6 nitrogen and oxygen atoms in total. The summed E-state index contributed by atoms with van der Waals surface area (Å²) < 4.78 is 0. The lowest BCUT2D eigenvalue weighted by Crippen LogP contribution is -2.05. The normalized spacial score (nSPS) is 10.9. The molecule has 1 N–H and O–H groups in total. The van der Waals surface area contributed by atoms with Crippen LogP contribution in [0.3, 0.4) is 0 Å². The van der Waals surface area contributed by atoms with Crippen molar-refractivity contribution in [2.45, 2.75) is 0 Å². The van der Waals surface area contributed by atoms with E-state index in [4.69, 9.17) is 5.11 Å². The SMILES string of the molecule is COO/[C]=C(/OOC)C(=O)O. The van der Waals surface area contributed by atoms with Gasteiger partial charge in [-0.3, -0.25) is 0 Å². The topological polar surface area (TPSA) is 74.2 Å². The third kappa shape index (κ3) is 4.18. The van der Waals surface area contributed by atoms with Gasteiger partial charge in [0.05, 0.1) is 14.2 Å². The lowest BCUT2D eigenvalue weighted by molar-refractivity contribution is -0.264. The van der Waals surface area contributed by atoms with Crippen LogP contribution in [0.4, 0.5) is 0 Å². The van der Waals surface area contributed by atoms with Crippen molar-refractivity contribution in [3.8, 4) is 0 Å². The van der Waals surface area contributed by atoms with Gasteiger partial charge in [0.1, 0.15) is 0 Å².